The fourth-order valence-electron chi connectivity index (χ4n) is 3.36. The predicted molar refractivity (Wildman–Crippen MR) is 103 cm³/mol. The van der Waals surface area contributed by atoms with Crippen molar-refractivity contribution in [3.63, 3.8) is 0 Å². The molecule has 0 radical (unpaired) electrons. The van der Waals surface area contributed by atoms with Gasteiger partial charge in [0.15, 0.2) is 0 Å². The summed E-state index contributed by atoms with van der Waals surface area (Å²) in [6.07, 6.45) is 0.917. The summed E-state index contributed by atoms with van der Waals surface area (Å²) >= 11 is 0. The second kappa shape index (κ2) is 7.92. The number of benzene rings is 1. The van der Waals surface area contributed by atoms with Gasteiger partial charge in [-0.1, -0.05) is 26.0 Å². The highest BCUT2D eigenvalue weighted by Gasteiger charge is 2.34. The molecule has 0 bridgehead atoms. The Balaban J connectivity index is 1.67. The van der Waals surface area contributed by atoms with E-state index in [-0.39, 0.29) is 23.2 Å². The van der Waals surface area contributed by atoms with Crippen LogP contribution in [-0.2, 0) is 15.0 Å². The number of nitrogens with one attached hydrogen (secondary N) is 2. The van der Waals surface area contributed by atoms with E-state index in [1.165, 1.54) is 12.1 Å². The molecule has 2 amide bonds. The molecule has 1 aromatic carbocycles. The molecular weight excluding hydrogens is 361 g/mol. The molecule has 2 atom stereocenters. The fourth-order valence-corrected chi connectivity index (χ4v) is 3.36. The summed E-state index contributed by atoms with van der Waals surface area (Å²) < 4.78 is 13.1. The standard InChI is InChI=1S/C20H24FN5O2/c1-20(2,12-3-5-13(21)6-4-12)11-23-16-9-7-15(25-26-16)18(19(22)28)14-8-10-17(27)24-14/h3-7,9,14,18H,8,10-11H2,1-2H3,(H2,22,28)(H,23,26)(H,24,27). The van der Waals surface area contributed by atoms with E-state index in [9.17, 15) is 14.0 Å². The van der Waals surface area contributed by atoms with E-state index in [0.29, 0.717) is 30.9 Å². The summed E-state index contributed by atoms with van der Waals surface area (Å²) in [4.78, 5) is 23.3. The van der Waals surface area contributed by atoms with Gasteiger partial charge in [0.25, 0.3) is 0 Å². The lowest BCUT2D eigenvalue weighted by atomic mass is 9.84. The Morgan fingerprint density at radius 1 is 1.29 bits per heavy atom. The van der Waals surface area contributed by atoms with Crippen LogP contribution in [0.3, 0.4) is 0 Å². The molecular formula is C20H24FN5O2. The molecule has 0 spiro atoms. The molecule has 2 heterocycles. The molecule has 1 aromatic heterocycles. The largest absolute Gasteiger partial charge is 0.369 e. The lowest BCUT2D eigenvalue weighted by Crippen LogP contribution is -2.39. The quantitative estimate of drug-likeness (QED) is 0.674. The highest BCUT2D eigenvalue weighted by atomic mass is 19.1. The van der Waals surface area contributed by atoms with Crippen LogP contribution < -0.4 is 16.4 Å². The minimum atomic E-state index is -0.705. The van der Waals surface area contributed by atoms with Gasteiger partial charge in [-0.05, 0) is 36.2 Å². The number of rotatable bonds is 7. The van der Waals surface area contributed by atoms with Crippen molar-refractivity contribution in [3.8, 4) is 0 Å². The summed E-state index contributed by atoms with van der Waals surface area (Å²) in [6.45, 7) is 4.65. The molecule has 0 saturated carbocycles. The van der Waals surface area contributed by atoms with Crippen molar-refractivity contribution < 1.29 is 14.0 Å². The number of anilines is 1. The first-order valence-electron chi connectivity index (χ1n) is 9.18. The Hall–Kier alpha value is -3.03. The first-order chi connectivity index (χ1) is 13.3. The Bertz CT molecular complexity index is 852. The van der Waals surface area contributed by atoms with Crippen molar-refractivity contribution in [2.75, 3.05) is 11.9 Å². The maximum absolute atomic E-state index is 13.1. The van der Waals surface area contributed by atoms with Crippen molar-refractivity contribution in [3.05, 3.63) is 53.5 Å². The van der Waals surface area contributed by atoms with Crippen LogP contribution in [0.1, 0.15) is 43.9 Å². The number of hydrogen-bond donors (Lipinski definition) is 3. The van der Waals surface area contributed by atoms with Gasteiger partial charge in [0.1, 0.15) is 17.6 Å². The number of carbonyl (C=O) groups excluding carboxylic acids is 2. The SMILES string of the molecule is CC(C)(CNc1ccc(C(C(N)=O)C2CCC(=O)N2)nn1)c1ccc(F)cc1. The summed E-state index contributed by atoms with van der Waals surface area (Å²) in [6, 6.07) is 9.49. The van der Waals surface area contributed by atoms with Gasteiger partial charge >= 0.3 is 0 Å². The fraction of sp³-hybridized carbons (Fsp3) is 0.400. The molecule has 2 aromatic rings. The van der Waals surface area contributed by atoms with Crippen LogP contribution in [0.25, 0.3) is 0 Å². The number of aromatic nitrogens is 2. The van der Waals surface area contributed by atoms with Crippen LogP contribution in [0.5, 0.6) is 0 Å². The smallest absolute Gasteiger partial charge is 0.228 e. The third kappa shape index (κ3) is 4.44. The number of carbonyl (C=O) groups is 2. The molecule has 2 unspecified atom stereocenters. The maximum atomic E-state index is 13.1. The van der Waals surface area contributed by atoms with E-state index >= 15 is 0 Å². The zero-order valence-corrected chi connectivity index (χ0v) is 15.9. The molecule has 0 aliphatic carbocycles. The van der Waals surface area contributed by atoms with Crippen molar-refractivity contribution >= 4 is 17.6 Å². The second-order valence-electron chi connectivity index (χ2n) is 7.68. The van der Waals surface area contributed by atoms with E-state index < -0.39 is 11.8 Å². The van der Waals surface area contributed by atoms with Crippen LogP contribution in [0.4, 0.5) is 10.2 Å². The minimum absolute atomic E-state index is 0.0921. The maximum Gasteiger partial charge on any atom is 0.228 e. The summed E-state index contributed by atoms with van der Waals surface area (Å²) in [5, 5.41) is 14.3. The zero-order chi connectivity index (χ0) is 20.3. The lowest BCUT2D eigenvalue weighted by Gasteiger charge is -2.26. The van der Waals surface area contributed by atoms with E-state index in [0.717, 1.165) is 5.56 Å². The van der Waals surface area contributed by atoms with Crippen molar-refractivity contribution in [1.82, 2.24) is 15.5 Å². The Labute approximate surface area is 162 Å². The molecule has 1 aliphatic heterocycles. The molecule has 1 fully saturated rings. The number of hydrogen-bond acceptors (Lipinski definition) is 5. The van der Waals surface area contributed by atoms with E-state index in [1.54, 1.807) is 24.3 Å². The molecule has 4 N–H and O–H groups in total. The molecule has 3 rings (SSSR count). The third-order valence-corrected chi connectivity index (χ3v) is 5.08. The van der Waals surface area contributed by atoms with E-state index in [2.05, 4.69) is 20.8 Å². The van der Waals surface area contributed by atoms with Crippen LogP contribution in [0.2, 0.25) is 0 Å². The molecule has 7 nitrogen and oxygen atoms in total. The number of primary amides is 1. The number of nitrogens with two attached hydrogens (primary N) is 1. The number of amides is 2. The minimum Gasteiger partial charge on any atom is -0.369 e. The Morgan fingerprint density at radius 3 is 2.54 bits per heavy atom. The zero-order valence-electron chi connectivity index (χ0n) is 15.9. The average molecular weight is 385 g/mol. The molecule has 8 heteroatoms. The highest BCUT2D eigenvalue weighted by Crippen LogP contribution is 2.26. The van der Waals surface area contributed by atoms with E-state index in [1.807, 2.05) is 13.8 Å². The van der Waals surface area contributed by atoms with Gasteiger partial charge in [-0.15, -0.1) is 5.10 Å². The van der Waals surface area contributed by atoms with Gasteiger partial charge in [0.05, 0.1) is 5.69 Å². The monoisotopic (exact) mass is 385 g/mol. The summed E-state index contributed by atoms with van der Waals surface area (Å²) in [7, 11) is 0. The molecule has 1 saturated heterocycles. The molecule has 28 heavy (non-hydrogen) atoms. The van der Waals surface area contributed by atoms with Gasteiger partial charge in [-0.2, -0.15) is 5.10 Å². The van der Waals surface area contributed by atoms with Gasteiger partial charge in [0.2, 0.25) is 11.8 Å². The van der Waals surface area contributed by atoms with Gasteiger partial charge in [-0.3, -0.25) is 9.59 Å². The van der Waals surface area contributed by atoms with Gasteiger partial charge in [0, 0.05) is 24.4 Å². The van der Waals surface area contributed by atoms with E-state index in [4.69, 9.17) is 5.73 Å². The first-order valence-corrected chi connectivity index (χ1v) is 9.18. The van der Waals surface area contributed by atoms with Crippen molar-refractivity contribution in [2.24, 2.45) is 5.73 Å². The normalized spacial score (nSPS) is 17.8. The second-order valence-corrected chi connectivity index (χ2v) is 7.68. The van der Waals surface area contributed by atoms with Crippen LogP contribution in [-0.4, -0.2) is 34.6 Å². The summed E-state index contributed by atoms with van der Waals surface area (Å²) in [5.41, 5.74) is 6.70. The van der Waals surface area contributed by atoms with Gasteiger partial charge < -0.3 is 16.4 Å². The number of nitrogens with zero attached hydrogens (tertiary/aromatic N) is 2. The molecule has 148 valence electrons. The first kappa shape index (κ1) is 19.7. The lowest BCUT2D eigenvalue weighted by molar-refractivity contribution is -0.120. The van der Waals surface area contributed by atoms with Crippen LogP contribution >= 0.6 is 0 Å². The molecule has 1 aliphatic rings. The highest BCUT2D eigenvalue weighted by molar-refractivity contribution is 5.85. The Morgan fingerprint density at radius 2 is 2.00 bits per heavy atom. The van der Waals surface area contributed by atoms with Crippen molar-refractivity contribution in [2.45, 2.75) is 44.1 Å². The van der Waals surface area contributed by atoms with Gasteiger partial charge in [-0.25, -0.2) is 4.39 Å². The van der Waals surface area contributed by atoms with Crippen LogP contribution in [0.15, 0.2) is 36.4 Å². The topological polar surface area (TPSA) is 110 Å². The average Bonchev–Trinajstić information content (AvgIpc) is 3.07. The number of halogens is 1. The summed E-state index contributed by atoms with van der Waals surface area (Å²) in [5.74, 6) is -1.05. The predicted octanol–water partition coefficient (Wildman–Crippen LogP) is 1.85. The van der Waals surface area contributed by atoms with Crippen molar-refractivity contribution in [1.29, 1.82) is 0 Å². The third-order valence-electron chi connectivity index (χ3n) is 5.08. The Kier molecular flexibility index (Phi) is 5.58. The van der Waals surface area contributed by atoms with Crippen LogP contribution in [0, 0.1) is 5.82 Å².